The Morgan fingerprint density at radius 1 is 1.38 bits per heavy atom. The van der Waals surface area contributed by atoms with E-state index >= 15 is 0 Å². The summed E-state index contributed by atoms with van der Waals surface area (Å²) >= 11 is 5.73. The molecular weight excluding hydrogens is 250 g/mol. The Kier molecular flexibility index (Phi) is 4.18. The number of rotatable bonds is 4. The maximum absolute atomic E-state index is 11.5. The molecule has 0 heterocycles. The number of sulfone groups is 1. The Hall–Kier alpha value is -0.780. The van der Waals surface area contributed by atoms with Crippen LogP contribution in [0.2, 0.25) is 0 Å². The molecule has 0 radical (unpaired) electrons. The van der Waals surface area contributed by atoms with E-state index in [4.69, 9.17) is 17.3 Å². The molecule has 0 aromatic heterocycles. The van der Waals surface area contributed by atoms with Crippen LogP contribution in [0.5, 0.6) is 0 Å². The van der Waals surface area contributed by atoms with Gasteiger partial charge in [0, 0.05) is 11.4 Å². The van der Waals surface area contributed by atoms with E-state index < -0.39 is 20.7 Å². The standard InChI is InChI=1S/C10H14ClNO3S/c1-2-16(14,15)10(11)9(13)7-3-5-8(12)6-4-7/h3-6,9-10,13H,2,12H2,1H3/t9-,10+/m0/s1. The van der Waals surface area contributed by atoms with Gasteiger partial charge in [0.2, 0.25) is 0 Å². The Balaban J connectivity index is 2.94. The van der Waals surface area contributed by atoms with Crippen molar-refractivity contribution in [3.63, 3.8) is 0 Å². The SMILES string of the molecule is CCS(=O)(=O)[C@@H](Cl)[C@@H](O)c1ccc(N)cc1. The van der Waals surface area contributed by atoms with Gasteiger partial charge in [-0.05, 0) is 17.7 Å². The van der Waals surface area contributed by atoms with Gasteiger partial charge in [-0.3, -0.25) is 0 Å². The second-order valence-electron chi connectivity index (χ2n) is 3.41. The quantitative estimate of drug-likeness (QED) is 0.634. The lowest BCUT2D eigenvalue weighted by molar-refractivity contribution is 0.192. The summed E-state index contributed by atoms with van der Waals surface area (Å²) in [7, 11) is -3.47. The number of alkyl halides is 1. The van der Waals surface area contributed by atoms with Gasteiger partial charge >= 0.3 is 0 Å². The third-order valence-electron chi connectivity index (χ3n) is 2.27. The van der Waals surface area contributed by atoms with Gasteiger partial charge in [-0.1, -0.05) is 19.1 Å². The maximum atomic E-state index is 11.5. The number of anilines is 1. The van der Waals surface area contributed by atoms with Gasteiger partial charge in [0.1, 0.15) is 6.10 Å². The number of nitrogen functional groups attached to an aromatic ring is 1. The number of nitrogens with two attached hydrogens (primary N) is 1. The lowest BCUT2D eigenvalue weighted by atomic mass is 10.1. The molecule has 1 rings (SSSR count). The van der Waals surface area contributed by atoms with E-state index in [-0.39, 0.29) is 5.75 Å². The van der Waals surface area contributed by atoms with E-state index in [1.165, 1.54) is 6.92 Å². The molecule has 0 aliphatic rings. The van der Waals surface area contributed by atoms with Gasteiger partial charge in [-0.2, -0.15) is 0 Å². The highest BCUT2D eigenvalue weighted by Gasteiger charge is 2.29. The van der Waals surface area contributed by atoms with Crippen LogP contribution in [0.4, 0.5) is 5.69 Å². The van der Waals surface area contributed by atoms with Crippen molar-refractivity contribution in [3.05, 3.63) is 29.8 Å². The molecule has 0 amide bonds. The third kappa shape index (κ3) is 2.87. The van der Waals surface area contributed by atoms with E-state index in [0.717, 1.165) is 0 Å². The van der Waals surface area contributed by atoms with Crippen LogP contribution in [-0.4, -0.2) is 24.0 Å². The third-order valence-corrected chi connectivity index (χ3v) is 5.07. The fourth-order valence-electron chi connectivity index (χ4n) is 1.20. The minimum atomic E-state index is -3.47. The molecule has 0 aliphatic heterocycles. The van der Waals surface area contributed by atoms with Crippen molar-refractivity contribution in [2.24, 2.45) is 0 Å². The van der Waals surface area contributed by atoms with Crippen LogP contribution in [0.15, 0.2) is 24.3 Å². The molecule has 1 aromatic rings. The van der Waals surface area contributed by atoms with Gasteiger partial charge < -0.3 is 10.8 Å². The maximum Gasteiger partial charge on any atom is 0.169 e. The highest BCUT2D eigenvalue weighted by atomic mass is 35.5. The van der Waals surface area contributed by atoms with Crippen LogP contribution < -0.4 is 5.73 Å². The largest absolute Gasteiger partial charge is 0.399 e. The Morgan fingerprint density at radius 2 is 1.88 bits per heavy atom. The first kappa shape index (κ1) is 13.3. The van der Waals surface area contributed by atoms with Crippen LogP contribution in [0.25, 0.3) is 0 Å². The summed E-state index contributed by atoms with van der Waals surface area (Å²) < 4.78 is 21.6. The summed E-state index contributed by atoms with van der Waals surface area (Å²) in [5.74, 6) is -0.104. The topological polar surface area (TPSA) is 80.4 Å². The fraction of sp³-hybridized carbons (Fsp3) is 0.400. The van der Waals surface area contributed by atoms with Gasteiger partial charge in [-0.25, -0.2) is 8.42 Å². The highest BCUT2D eigenvalue weighted by molar-refractivity contribution is 7.93. The minimum Gasteiger partial charge on any atom is -0.399 e. The van der Waals surface area contributed by atoms with E-state index in [1.54, 1.807) is 24.3 Å². The zero-order chi connectivity index (χ0) is 12.3. The first-order chi connectivity index (χ1) is 7.38. The van der Waals surface area contributed by atoms with Gasteiger partial charge in [0.05, 0.1) is 0 Å². The molecule has 0 spiro atoms. The molecule has 16 heavy (non-hydrogen) atoms. The molecule has 4 nitrogen and oxygen atoms in total. The molecule has 0 bridgehead atoms. The molecule has 0 unspecified atom stereocenters. The zero-order valence-electron chi connectivity index (χ0n) is 8.80. The minimum absolute atomic E-state index is 0.104. The molecule has 6 heteroatoms. The summed E-state index contributed by atoms with van der Waals surface area (Å²) in [5.41, 5.74) is 6.46. The van der Waals surface area contributed by atoms with Gasteiger partial charge in [-0.15, -0.1) is 11.6 Å². The van der Waals surface area contributed by atoms with Gasteiger partial charge in [0.25, 0.3) is 0 Å². The van der Waals surface area contributed by atoms with Gasteiger partial charge in [0.15, 0.2) is 14.5 Å². The van der Waals surface area contributed by atoms with Crippen molar-refractivity contribution in [3.8, 4) is 0 Å². The van der Waals surface area contributed by atoms with Crippen molar-refractivity contribution in [2.75, 3.05) is 11.5 Å². The number of aliphatic hydroxyl groups excluding tert-OH is 1. The van der Waals surface area contributed by atoms with Crippen molar-refractivity contribution >= 4 is 27.1 Å². The lowest BCUT2D eigenvalue weighted by Gasteiger charge is -2.17. The Bertz CT molecular complexity index is 444. The van der Waals surface area contributed by atoms with Crippen molar-refractivity contribution in [1.29, 1.82) is 0 Å². The Morgan fingerprint density at radius 3 is 2.31 bits per heavy atom. The number of halogens is 1. The predicted molar refractivity (Wildman–Crippen MR) is 64.9 cm³/mol. The van der Waals surface area contributed by atoms with E-state index in [0.29, 0.717) is 11.3 Å². The van der Waals surface area contributed by atoms with E-state index in [9.17, 15) is 13.5 Å². The molecule has 3 N–H and O–H groups in total. The molecular formula is C10H14ClNO3S. The van der Waals surface area contributed by atoms with Crippen LogP contribution in [0.1, 0.15) is 18.6 Å². The number of aliphatic hydroxyl groups is 1. The average molecular weight is 264 g/mol. The van der Waals surface area contributed by atoms with E-state index in [2.05, 4.69) is 0 Å². The normalized spacial score (nSPS) is 15.7. The van der Waals surface area contributed by atoms with E-state index in [1.807, 2.05) is 0 Å². The van der Waals surface area contributed by atoms with Crippen LogP contribution in [0.3, 0.4) is 0 Å². The predicted octanol–water partition coefficient (Wildman–Crippen LogP) is 1.30. The van der Waals surface area contributed by atoms with Crippen LogP contribution in [-0.2, 0) is 9.84 Å². The van der Waals surface area contributed by atoms with Crippen molar-refractivity contribution in [2.45, 2.75) is 17.7 Å². The molecule has 1 aromatic carbocycles. The van der Waals surface area contributed by atoms with Crippen molar-refractivity contribution < 1.29 is 13.5 Å². The molecule has 0 fully saturated rings. The smallest absolute Gasteiger partial charge is 0.169 e. The molecule has 0 saturated heterocycles. The zero-order valence-corrected chi connectivity index (χ0v) is 10.4. The molecule has 2 atom stereocenters. The van der Waals surface area contributed by atoms with Crippen molar-refractivity contribution in [1.82, 2.24) is 0 Å². The molecule has 90 valence electrons. The number of hydrogen-bond donors (Lipinski definition) is 2. The van der Waals surface area contributed by atoms with Crippen LogP contribution >= 0.6 is 11.6 Å². The fourth-order valence-corrected chi connectivity index (χ4v) is 2.59. The summed E-state index contributed by atoms with van der Waals surface area (Å²) in [5, 5.41) is 9.79. The molecule has 0 saturated carbocycles. The summed E-state index contributed by atoms with van der Waals surface area (Å²) in [6.07, 6.45) is -1.24. The summed E-state index contributed by atoms with van der Waals surface area (Å²) in [6, 6.07) is 6.28. The Labute approximate surface area is 100.0 Å². The second kappa shape index (κ2) is 5.03. The summed E-state index contributed by atoms with van der Waals surface area (Å²) in [4.78, 5) is 0. The average Bonchev–Trinajstić information content (AvgIpc) is 2.28. The number of benzene rings is 1. The second-order valence-corrected chi connectivity index (χ2v) is 6.55. The highest BCUT2D eigenvalue weighted by Crippen LogP contribution is 2.26. The number of hydrogen-bond acceptors (Lipinski definition) is 4. The molecule has 0 aliphatic carbocycles. The monoisotopic (exact) mass is 263 g/mol. The lowest BCUT2D eigenvalue weighted by Crippen LogP contribution is -2.24. The first-order valence-corrected chi connectivity index (χ1v) is 6.93. The first-order valence-electron chi connectivity index (χ1n) is 4.77. The summed E-state index contributed by atoms with van der Waals surface area (Å²) in [6.45, 7) is 1.49. The van der Waals surface area contributed by atoms with Crippen LogP contribution in [0, 0.1) is 0 Å².